The molecular weight excluding hydrogens is 421 g/mol. The number of hydrogen-bond donors (Lipinski definition) is 3. The minimum atomic E-state index is -1.02. The van der Waals surface area contributed by atoms with Gasteiger partial charge in [0.25, 0.3) is 5.91 Å². The summed E-state index contributed by atoms with van der Waals surface area (Å²) in [6, 6.07) is 9.49. The van der Waals surface area contributed by atoms with E-state index in [1.807, 2.05) is 28.9 Å². The number of fused-ring (bicyclic) bond motifs is 1. The third-order valence-electron chi connectivity index (χ3n) is 5.88. The van der Waals surface area contributed by atoms with Gasteiger partial charge in [-0.15, -0.1) is 0 Å². The number of carbonyl (C=O) groups is 1. The minimum Gasteiger partial charge on any atom is -0.366 e. The van der Waals surface area contributed by atoms with Gasteiger partial charge in [0.1, 0.15) is 11.6 Å². The van der Waals surface area contributed by atoms with E-state index in [1.54, 1.807) is 12.1 Å². The Balaban J connectivity index is 1.60. The van der Waals surface area contributed by atoms with E-state index >= 15 is 0 Å². The largest absolute Gasteiger partial charge is 0.366 e. The predicted molar refractivity (Wildman–Crippen MR) is 129 cm³/mol. The summed E-state index contributed by atoms with van der Waals surface area (Å²) < 4.78 is 14.9. The molecule has 1 aliphatic heterocycles. The van der Waals surface area contributed by atoms with Crippen LogP contribution >= 0.6 is 0 Å². The summed E-state index contributed by atoms with van der Waals surface area (Å²) >= 11 is 0. The normalized spacial score (nSPS) is 14.6. The van der Waals surface area contributed by atoms with E-state index in [4.69, 9.17) is 10.7 Å². The van der Waals surface area contributed by atoms with E-state index in [1.165, 1.54) is 0 Å². The maximum atomic E-state index is 13.0. The molecule has 174 valence electrons. The second-order valence-corrected chi connectivity index (χ2v) is 8.73. The van der Waals surface area contributed by atoms with Gasteiger partial charge >= 0.3 is 0 Å². The topological polar surface area (TPSA) is 101 Å². The molecule has 0 atom stereocenters. The summed E-state index contributed by atoms with van der Waals surface area (Å²) in [4.78, 5) is 18.8. The van der Waals surface area contributed by atoms with Crippen LogP contribution in [0, 0.1) is 0 Å². The van der Waals surface area contributed by atoms with Crippen LogP contribution in [0.4, 0.5) is 21.7 Å². The molecule has 1 aromatic carbocycles. The molecule has 1 fully saturated rings. The standard InChI is InChI=1S/C24H30FN7O/c1-15(2)20-14-28-32-21(12-22(30-23(20)32)31-9-7-18(26)8-10-31)27-13-17-5-4-6-19(11-17)29-24(33)16(3)25/h4-6,11-12,14-15,18,27H,3,7-10,13,26H2,1-2H3,(H,29,33). The molecule has 0 bridgehead atoms. The van der Waals surface area contributed by atoms with Gasteiger partial charge in [0.2, 0.25) is 0 Å². The van der Waals surface area contributed by atoms with E-state index in [-0.39, 0.29) is 6.04 Å². The van der Waals surface area contributed by atoms with Gasteiger partial charge in [-0.05, 0) is 36.5 Å². The Labute approximate surface area is 192 Å². The molecule has 0 unspecified atom stereocenters. The Bertz CT molecular complexity index is 1160. The Morgan fingerprint density at radius 1 is 1.30 bits per heavy atom. The van der Waals surface area contributed by atoms with E-state index in [0.29, 0.717) is 18.2 Å². The molecular formula is C24H30FN7O. The zero-order valence-electron chi connectivity index (χ0n) is 19.0. The van der Waals surface area contributed by atoms with Crippen molar-refractivity contribution in [3.63, 3.8) is 0 Å². The molecule has 1 amide bonds. The number of hydrogen-bond acceptors (Lipinski definition) is 6. The molecule has 1 aliphatic rings. The quantitative estimate of drug-likeness (QED) is 0.472. The highest BCUT2D eigenvalue weighted by atomic mass is 19.1. The predicted octanol–water partition coefficient (Wildman–Crippen LogP) is 3.81. The molecule has 9 heteroatoms. The lowest BCUT2D eigenvalue weighted by molar-refractivity contribution is -0.114. The molecule has 4 rings (SSSR count). The first-order valence-corrected chi connectivity index (χ1v) is 11.2. The van der Waals surface area contributed by atoms with Gasteiger partial charge in [0.05, 0.1) is 6.20 Å². The van der Waals surface area contributed by atoms with Crippen molar-refractivity contribution < 1.29 is 9.18 Å². The highest BCUT2D eigenvalue weighted by Crippen LogP contribution is 2.27. The fourth-order valence-electron chi connectivity index (χ4n) is 3.94. The molecule has 8 nitrogen and oxygen atoms in total. The van der Waals surface area contributed by atoms with E-state index in [9.17, 15) is 9.18 Å². The van der Waals surface area contributed by atoms with E-state index in [0.717, 1.165) is 54.3 Å². The van der Waals surface area contributed by atoms with Crippen molar-refractivity contribution in [2.24, 2.45) is 5.73 Å². The van der Waals surface area contributed by atoms with Crippen molar-refractivity contribution in [1.82, 2.24) is 14.6 Å². The number of rotatable bonds is 7. The second-order valence-electron chi connectivity index (χ2n) is 8.73. The number of aromatic nitrogens is 3. The van der Waals surface area contributed by atoms with Crippen molar-refractivity contribution in [2.75, 3.05) is 28.6 Å². The first-order valence-electron chi connectivity index (χ1n) is 11.2. The third-order valence-corrected chi connectivity index (χ3v) is 5.88. The molecule has 2 aromatic heterocycles. The number of nitrogens with one attached hydrogen (secondary N) is 2. The van der Waals surface area contributed by atoms with Gasteiger partial charge in [-0.1, -0.05) is 32.6 Å². The number of carbonyl (C=O) groups excluding carboxylic acids is 1. The van der Waals surface area contributed by atoms with Crippen LogP contribution in [0.25, 0.3) is 5.65 Å². The van der Waals surface area contributed by atoms with Crippen molar-refractivity contribution in [3.05, 3.63) is 60.1 Å². The highest BCUT2D eigenvalue weighted by Gasteiger charge is 2.21. The lowest BCUT2D eigenvalue weighted by Crippen LogP contribution is -2.40. The summed E-state index contributed by atoms with van der Waals surface area (Å²) in [5.41, 5.74) is 9.44. The van der Waals surface area contributed by atoms with Gasteiger partial charge in [-0.25, -0.2) is 9.37 Å². The molecule has 0 radical (unpaired) electrons. The van der Waals surface area contributed by atoms with Gasteiger partial charge < -0.3 is 21.3 Å². The van der Waals surface area contributed by atoms with Crippen LogP contribution in [0.1, 0.15) is 43.7 Å². The summed E-state index contributed by atoms with van der Waals surface area (Å²) in [5.74, 6) is 0.145. The number of anilines is 3. The zero-order chi connectivity index (χ0) is 23.5. The van der Waals surface area contributed by atoms with Crippen LogP contribution in [-0.2, 0) is 11.3 Å². The van der Waals surface area contributed by atoms with Crippen LogP contribution in [0.15, 0.2) is 48.9 Å². The summed E-state index contributed by atoms with van der Waals surface area (Å²) in [5, 5.41) is 10.5. The maximum absolute atomic E-state index is 13.0. The van der Waals surface area contributed by atoms with Crippen LogP contribution in [-0.4, -0.2) is 39.6 Å². The van der Waals surface area contributed by atoms with Crippen molar-refractivity contribution >= 4 is 28.9 Å². The molecule has 1 saturated heterocycles. The van der Waals surface area contributed by atoms with Crippen molar-refractivity contribution in [1.29, 1.82) is 0 Å². The first kappa shape index (κ1) is 22.7. The highest BCUT2D eigenvalue weighted by molar-refractivity contribution is 6.01. The van der Waals surface area contributed by atoms with E-state index < -0.39 is 11.7 Å². The first-order chi connectivity index (χ1) is 15.8. The number of nitrogens with zero attached hydrogens (tertiary/aromatic N) is 4. The van der Waals surface area contributed by atoms with Crippen molar-refractivity contribution in [2.45, 2.75) is 45.2 Å². The third kappa shape index (κ3) is 5.14. The Morgan fingerprint density at radius 2 is 2.06 bits per heavy atom. The number of benzene rings is 1. The van der Waals surface area contributed by atoms with Gasteiger partial charge in [-0.3, -0.25) is 4.79 Å². The summed E-state index contributed by atoms with van der Waals surface area (Å²) in [6.45, 7) is 9.51. The van der Waals surface area contributed by atoms with Crippen molar-refractivity contribution in [3.8, 4) is 0 Å². The summed E-state index contributed by atoms with van der Waals surface area (Å²) in [7, 11) is 0. The monoisotopic (exact) mass is 451 g/mol. The Hall–Kier alpha value is -3.46. The lowest BCUT2D eigenvalue weighted by Gasteiger charge is -2.31. The van der Waals surface area contributed by atoms with Gasteiger partial charge in [0.15, 0.2) is 11.5 Å². The SMILES string of the molecule is C=C(F)C(=O)Nc1cccc(CNc2cc(N3CCC(N)CC3)nc3c(C(C)C)cnn23)c1. The molecule has 3 aromatic rings. The Morgan fingerprint density at radius 3 is 2.76 bits per heavy atom. The lowest BCUT2D eigenvalue weighted by atomic mass is 10.1. The van der Waals surface area contributed by atoms with Crippen LogP contribution < -0.4 is 21.3 Å². The minimum absolute atomic E-state index is 0.242. The smallest absolute Gasteiger partial charge is 0.283 e. The average molecular weight is 452 g/mol. The van der Waals surface area contributed by atoms with Crippen LogP contribution in [0.3, 0.4) is 0 Å². The molecule has 3 heterocycles. The Kier molecular flexibility index (Phi) is 6.60. The van der Waals surface area contributed by atoms with Crippen LogP contribution in [0.5, 0.6) is 0 Å². The van der Waals surface area contributed by atoms with Crippen LogP contribution in [0.2, 0.25) is 0 Å². The number of nitrogens with two attached hydrogens (primary N) is 1. The number of halogens is 1. The van der Waals surface area contributed by atoms with Gasteiger partial charge in [0, 0.05) is 43.0 Å². The molecule has 33 heavy (non-hydrogen) atoms. The fraction of sp³-hybridized carbons (Fsp3) is 0.375. The number of amides is 1. The maximum Gasteiger partial charge on any atom is 0.283 e. The zero-order valence-corrected chi connectivity index (χ0v) is 19.0. The van der Waals surface area contributed by atoms with E-state index in [2.05, 4.69) is 41.1 Å². The molecule has 0 spiro atoms. The summed E-state index contributed by atoms with van der Waals surface area (Å²) in [6.07, 6.45) is 3.75. The second kappa shape index (κ2) is 9.58. The fourth-order valence-corrected chi connectivity index (χ4v) is 3.94. The number of piperidine rings is 1. The molecule has 0 saturated carbocycles. The van der Waals surface area contributed by atoms with Gasteiger partial charge in [-0.2, -0.15) is 9.61 Å². The molecule has 4 N–H and O–H groups in total. The average Bonchev–Trinajstić information content (AvgIpc) is 3.22. The molecule has 0 aliphatic carbocycles.